The first-order valence-corrected chi connectivity index (χ1v) is 13.1. The Kier molecular flexibility index (Phi) is 8.91. The highest BCUT2D eigenvalue weighted by atomic mass is 35.5. The molecular weight excluding hydrogens is 508 g/mol. The molecule has 2 aliphatic heterocycles. The fraction of sp³-hybridized carbons (Fsp3) is 0.393. The molecule has 1 atom stereocenters. The Balaban J connectivity index is 1.60. The van der Waals surface area contributed by atoms with Gasteiger partial charge in [-0.2, -0.15) is 0 Å². The van der Waals surface area contributed by atoms with Gasteiger partial charge in [0, 0.05) is 55.6 Å². The van der Waals surface area contributed by atoms with Crippen LogP contribution in [0.25, 0.3) is 0 Å². The molecule has 0 bridgehead atoms. The van der Waals surface area contributed by atoms with Gasteiger partial charge in [0.05, 0.1) is 25.3 Å². The van der Waals surface area contributed by atoms with Crippen LogP contribution in [0.4, 0.5) is 4.79 Å². The maximum Gasteiger partial charge on any atom is 0.338 e. The van der Waals surface area contributed by atoms with Crippen LogP contribution in [0.3, 0.4) is 0 Å². The molecule has 2 aromatic rings. The standard InChI is InChI=1S/C28H33ClN4O5/c1-4-33-23(18-31-13-15-32(16-14-31)26(34)19-9-11-21(29)12-10-19)24(27(35)38-5-2)25(30-28(33)36)20-7-6-8-22(17-20)37-3/h6-12,17,25H,4-5,13-16,18H2,1-3H3,(H,30,36). The molecule has 1 saturated heterocycles. The molecule has 10 heteroatoms. The number of nitrogens with zero attached hydrogens (tertiary/aromatic N) is 3. The molecule has 4 rings (SSSR count). The van der Waals surface area contributed by atoms with E-state index in [0.29, 0.717) is 66.9 Å². The number of carbonyl (C=O) groups excluding carboxylic acids is 3. The lowest BCUT2D eigenvalue weighted by molar-refractivity contribution is -0.139. The molecule has 9 nitrogen and oxygen atoms in total. The van der Waals surface area contributed by atoms with Crippen molar-refractivity contribution in [3.63, 3.8) is 0 Å². The predicted molar refractivity (Wildman–Crippen MR) is 144 cm³/mol. The van der Waals surface area contributed by atoms with Crippen molar-refractivity contribution in [2.45, 2.75) is 19.9 Å². The van der Waals surface area contributed by atoms with Gasteiger partial charge in [-0.25, -0.2) is 9.59 Å². The Morgan fingerprint density at radius 2 is 1.76 bits per heavy atom. The molecule has 1 fully saturated rings. The van der Waals surface area contributed by atoms with Gasteiger partial charge < -0.3 is 19.7 Å². The molecular formula is C28H33ClN4O5. The molecule has 38 heavy (non-hydrogen) atoms. The van der Waals surface area contributed by atoms with E-state index in [2.05, 4.69) is 10.2 Å². The average molecular weight is 541 g/mol. The highest BCUT2D eigenvalue weighted by Crippen LogP contribution is 2.33. The van der Waals surface area contributed by atoms with Gasteiger partial charge in [-0.05, 0) is 55.8 Å². The topological polar surface area (TPSA) is 91.4 Å². The summed E-state index contributed by atoms with van der Waals surface area (Å²) in [7, 11) is 1.57. The second-order valence-corrected chi connectivity index (χ2v) is 9.50. The van der Waals surface area contributed by atoms with Gasteiger partial charge in [0.15, 0.2) is 0 Å². The third kappa shape index (κ3) is 5.95. The van der Waals surface area contributed by atoms with E-state index in [4.69, 9.17) is 21.1 Å². The van der Waals surface area contributed by atoms with Crippen molar-refractivity contribution in [2.24, 2.45) is 0 Å². The van der Waals surface area contributed by atoms with Gasteiger partial charge in [-0.3, -0.25) is 14.6 Å². The van der Waals surface area contributed by atoms with E-state index in [1.165, 1.54) is 0 Å². The normalized spacial score (nSPS) is 18.3. The predicted octanol–water partition coefficient (Wildman–Crippen LogP) is 3.71. The third-order valence-corrected chi connectivity index (χ3v) is 7.05. The lowest BCUT2D eigenvalue weighted by atomic mass is 9.94. The minimum Gasteiger partial charge on any atom is -0.497 e. The molecule has 2 heterocycles. The minimum absolute atomic E-state index is 0.0435. The summed E-state index contributed by atoms with van der Waals surface area (Å²) in [5, 5.41) is 3.56. The summed E-state index contributed by atoms with van der Waals surface area (Å²) in [4.78, 5) is 45.0. The van der Waals surface area contributed by atoms with Crippen molar-refractivity contribution >= 4 is 29.5 Å². The van der Waals surface area contributed by atoms with E-state index in [0.717, 1.165) is 5.56 Å². The zero-order valence-corrected chi connectivity index (χ0v) is 22.7. The highest BCUT2D eigenvalue weighted by Gasteiger charge is 2.38. The van der Waals surface area contributed by atoms with Gasteiger partial charge >= 0.3 is 12.0 Å². The number of benzene rings is 2. The summed E-state index contributed by atoms with van der Waals surface area (Å²) in [6.07, 6.45) is 0. The van der Waals surface area contributed by atoms with Crippen molar-refractivity contribution in [3.8, 4) is 5.75 Å². The van der Waals surface area contributed by atoms with Gasteiger partial charge in [-0.15, -0.1) is 0 Å². The zero-order valence-electron chi connectivity index (χ0n) is 21.9. The molecule has 2 aliphatic rings. The number of hydrogen-bond donors (Lipinski definition) is 1. The molecule has 0 aliphatic carbocycles. The third-order valence-electron chi connectivity index (χ3n) is 6.80. The number of methoxy groups -OCH3 is 1. The van der Waals surface area contributed by atoms with Gasteiger partial charge in [0.25, 0.3) is 5.91 Å². The molecule has 0 aromatic heterocycles. The molecule has 3 amide bonds. The van der Waals surface area contributed by atoms with Crippen molar-refractivity contribution in [1.82, 2.24) is 20.0 Å². The minimum atomic E-state index is -0.678. The van der Waals surface area contributed by atoms with Crippen LogP contribution in [0, 0.1) is 0 Å². The van der Waals surface area contributed by atoms with E-state index in [-0.39, 0.29) is 18.5 Å². The molecule has 0 radical (unpaired) electrons. The van der Waals surface area contributed by atoms with Gasteiger partial charge in [-0.1, -0.05) is 23.7 Å². The second kappa shape index (κ2) is 12.3. The summed E-state index contributed by atoms with van der Waals surface area (Å²) in [6.45, 7) is 6.87. The summed E-state index contributed by atoms with van der Waals surface area (Å²) in [5.41, 5.74) is 2.34. The zero-order chi connectivity index (χ0) is 27.2. The summed E-state index contributed by atoms with van der Waals surface area (Å²) in [5.74, 6) is 0.115. The molecule has 1 N–H and O–H groups in total. The lowest BCUT2D eigenvalue weighted by Crippen LogP contribution is -2.53. The number of esters is 1. The van der Waals surface area contributed by atoms with Crippen LogP contribution >= 0.6 is 11.6 Å². The van der Waals surface area contributed by atoms with Crippen LogP contribution < -0.4 is 10.1 Å². The van der Waals surface area contributed by atoms with E-state index < -0.39 is 12.0 Å². The number of hydrogen-bond acceptors (Lipinski definition) is 6. The fourth-order valence-corrected chi connectivity index (χ4v) is 4.95. The first-order chi connectivity index (χ1) is 18.4. The van der Waals surface area contributed by atoms with Crippen LogP contribution in [-0.4, -0.2) is 85.6 Å². The molecule has 1 unspecified atom stereocenters. The maximum atomic E-state index is 13.3. The number of carbonyl (C=O) groups is 3. The summed E-state index contributed by atoms with van der Waals surface area (Å²) < 4.78 is 10.8. The number of rotatable bonds is 8. The van der Waals surface area contributed by atoms with Crippen molar-refractivity contribution in [1.29, 1.82) is 0 Å². The number of ether oxygens (including phenoxy) is 2. The number of urea groups is 1. The van der Waals surface area contributed by atoms with Crippen LogP contribution in [-0.2, 0) is 9.53 Å². The van der Waals surface area contributed by atoms with Crippen LogP contribution in [0.15, 0.2) is 59.8 Å². The van der Waals surface area contributed by atoms with Gasteiger partial charge in [0.2, 0.25) is 0 Å². The van der Waals surface area contributed by atoms with Gasteiger partial charge in [0.1, 0.15) is 5.75 Å². The van der Waals surface area contributed by atoms with E-state index in [9.17, 15) is 14.4 Å². The Morgan fingerprint density at radius 1 is 1.05 bits per heavy atom. The van der Waals surface area contributed by atoms with Crippen LogP contribution in [0.2, 0.25) is 5.02 Å². The Morgan fingerprint density at radius 3 is 2.39 bits per heavy atom. The van der Waals surface area contributed by atoms with E-state index >= 15 is 0 Å². The Labute approximate surface area is 227 Å². The number of amides is 3. The SMILES string of the molecule is CCOC(=O)C1=C(CN2CCN(C(=O)c3ccc(Cl)cc3)CC2)N(CC)C(=O)NC1c1cccc(OC)c1. The monoisotopic (exact) mass is 540 g/mol. The van der Waals surface area contributed by atoms with Crippen molar-refractivity contribution < 1.29 is 23.9 Å². The van der Waals surface area contributed by atoms with E-state index in [1.54, 1.807) is 43.2 Å². The molecule has 0 saturated carbocycles. The first kappa shape index (κ1) is 27.5. The number of halogens is 1. The Hall–Kier alpha value is -3.56. The molecule has 0 spiro atoms. The number of likely N-dealkylation sites (N-methyl/N-ethyl adjacent to an activating group) is 1. The largest absolute Gasteiger partial charge is 0.497 e. The van der Waals surface area contributed by atoms with Crippen LogP contribution in [0.1, 0.15) is 35.8 Å². The van der Waals surface area contributed by atoms with Crippen LogP contribution in [0.5, 0.6) is 5.75 Å². The summed E-state index contributed by atoms with van der Waals surface area (Å²) >= 11 is 5.96. The molecule has 202 valence electrons. The quantitative estimate of drug-likeness (QED) is 0.513. The fourth-order valence-electron chi connectivity index (χ4n) is 4.82. The van der Waals surface area contributed by atoms with Crippen molar-refractivity contribution in [3.05, 3.63) is 76.0 Å². The second-order valence-electron chi connectivity index (χ2n) is 9.06. The van der Waals surface area contributed by atoms with E-state index in [1.807, 2.05) is 36.1 Å². The smallest absolute Gasteiger partial charge is 0.338 e. The first-order valence-electron chi connectivity index (χ1n) is 12.8. The Bertz CT molecular complexity index is 1210. The molecule has 2 aromatic carbocycles. The maximum absolute atomic E-state index is 13.3. The number of piperazine rings is 1. The lowest BCUT2D eigenvalue weighted by Gasteiger charge is -2.40. The highest BCUT2D eigenvalue weighted by molar-refractivity contribution is 6.30. The summed E-state index contributed by atoms with van der Waals surface area (Å²) in [6, 6.07) is 13.2. The number of nitrogens with one attached hydrogen (secondary N) is 1. The average Bonchev–Trinajstić information content (AvgIpc) is 2.93. The van der Waals surface area contributed by atoms with Crippen molar-refractivity contribution in [2.75, 3.05) is 53.0 Å².